The Kier molecular flexibility index (Phi) is 3.85. The number of hydrogen-bond acceptors (Lipinski definition) is 2. The van der Waals surface area contributed by atoms with Gasteiger partial charge in [0, 0.05) is 18.1 Å². The second-order valence-electron chi connectivity index (χ2n) is 3.68. The van der Waals surface area contributed by atoms with Crippen LogP contribution in [0.15, 0.2) is 18.5 Å². The van der Waals surface area contributed by atoms with Gasteiger partial charge in [-0.3, -0.25) is 4.98 Å². The molecule has 0 aliphatic rings. The molecule has 0 bridgehead atoms. The molecule has 0 fully saturated rings. The fourth-order valence-corrected chi connectivity index (χ4v) is 1.33. The van der Waals surface area contributed by atoms with Gasteiger partial charge < -0.3 is 5.73 Å². The van der Waals surface area contributed by atoms with E-state index >= 15 is 0 Å². The second kappa shape index (κ2) is 4.61. The predicted molar refractivity (Wildman–Crippen MR) is 53.2 cm³/mol. The minimum absolute atomic E-state index is 0.0751. The number of pyridine rings is 1. The van der Waals surface area contributed by atoms with Gasteiger partial charge in [-0.2, -0.15) is 35.1 Å². The molecule has 2 N–H and O–H groups in total. The van der Waals surface area contributed by atoms with Crippen molar-refractivity contribution in [3.63, 3.8) is 0 Å². The van der Waals surface area contributed by atoms with Crippen molar-refractivity contribution >= 4 is 17.3 Å². The van der Waals surface area contributed by atoms with Crippen LogP contribution < -0.4 is 5.73 Å². The average molecular weight is 329 g/mol. The minimum atomic E-state index is -6.52. The fourth-order valence-electron chi connectivity index (χ4n) is 1.21. The van der Waals surface area contributed by atoms with Crippen molar-refractivity contribution in [1.82, 2.24) is 4.98 Å². The molecular formula is C9H5ClF8N2. The highest BCUT2D eigenvalue weighted by Gasteiger charge is 2.81. The Morgan fingerprint density at radius 1 is 0.950 bits per heavy atom. The van der Waals surface area contributed by atoms with Crippen molar-refractivity contribution in [1.29, 1.82) is 0 Å². The SMILES string of the molecule is Nc1ccncc1C(F)(F)C(F)(F)C(F)(F)C(F)(F)Cl. The van der Waals surface area contributed by atoms with Crippen LogP contribution in [0.4, 0.5) is 40.8 Å². The van der Waals surface area contributed by atoms with Crippen LogP contribution in [-0.4, -0.2) is 22.2 Å². The van der Waals surface area contributed by atoms with Crippen molar-refractivity contribution in [3.8, 4) is 0 Å². The maximum absolute atomic E-state index is 13.5. The summed E-state index contributed by atoms with van der Waals surface area (Å²) in [4.78, 5) is 3.01. The van der Waals surface area contributed by atoms with E-state index in [-0.39, 0.29) is 6.20 Å². The molecule has 0 saturated heterocycles. The van der Waals surface area contributed by atoms with Gasteiger partial charge in [0.25, 0.3) is 0 Å². The summed E-state index contributed by atoms with van der Waals surface area (Å²) in [5.41, 5.74) is 2.11. The molecule has 1 aromatic heterocycles. The van der Waals surface area contributed by atoms with Gasteiger partial charge in [-0.25, -0.2) is 0 Å². The summed E-state index contributed by atoms with van der Waals surface area (Å²) < 4.78 is 104. The Labute approximate surface area is 111 Å². The van der Waals surface area contributed by atoms with E-state index in [4.69, 9.17) is 5.73 Å². The molecule has 0 aromatic carbocycles. The summed E-state index contributed by atoms with van der Waals surface area (Å²) in [5.74, 6) is -18.7. The maximum atomic E-state index is 13.5. The van der Waals surface area contributed by atoms with Crippen molar-refractivity contribution in [3.05, 3.63) is 24.0 Å². The van der Waals surface area contributed by atoms with Gasteiger partial charge in [0.15, 0.2) is 0 Å². The molecule has 20 heavy (non-hydrogen) atoms. The Morgan fingerprint density at radius 3 is 1.85 bits per heavy atom. The van der Waals surface area contributed by atoms with E-state index in [2.05, 4.69) is 16.6 Å². The number of hydrogen-bond donors (Lipinski definition) is 1. The lowest BCUT2D eigenvalue weighted by molar-refractivity contribution is -0.352. The number of nitrogens with zero attached hydrogens (tertiary/aromatic N) is 1. The van der Waals surface area contributed by atoms with Crippen LogP contribution in [-0.2, 0) is 5.92 Å². The molecule has 0 spiro atoms. The molecular weight excluding hydrogens is 324 g/mol. The lowest BCUT2D eigenvalue weighted by atomic mass is 9.97. The van der Waals surface area contributed by atoms with Crippen molar-refractivity contribution in [2.45, 2.75) is 23.1 Å². The summed E-state index contributed by atoms with van der Waals surface area (Å²) in [6.45, 7) is 0. The maximum Gasteiger partial charge on any atom is 0.393 e. The van der Waals surface area contributed by atoms with Crippen LogP contribution in [0.3, 0.4) is 0 Å². The van der Waals surface area contributed by atoms with Crippen molar-refractivity contribution < 1.29 is 35.1 Å². The standard InChI is InChI=1S/C9H5ClF8N2/c10-9(17,18)8(15,16)7(13,14)6(11,12)4-3-20-2-1-5(4)19/h1-3H,(H2,19,20). The first kappa shape index (κ1) is 16.7. The predicted octanol–water partition coefficient (Wildman–Crippen LogP) is 3.86. The molecule has 0 aliphatic heterocycles. The highest BCUT2D eigenvalue weighted by atomic mass is 35.5. The summed E-state index contributed by atoms with van der Waals surface area (Å²) in [7, 11) is 0. The fraction of sp³-hybridized carbons (Fsp3) is 0.444. The van der Waals surface area contributed by atoms with Gasteiger partial charge in [0.1, 0.15) is 0 Å². The third-order valence-corrected chi connectivity index (χ3v) is 2.58. The normalized spacial score (nSPS) is 14.4. The molecule has 0 unspecified atom stereocenters. The van der Waals surface area contributed by atoms with Crippen LogP contribution in [0.5, 0.6) is 0 Å². The summed E-state index contributed by atoms with van der Waals surface area (Å²) in [5, 5.41) is -5.89. The molecule has 0 aliphatic carbocycles. The number of alkyl halides is 9. The zero-order valence-electron chi connectivity index (χ0n) is 9.16. The van der Waals surface area contributed by atoms with Crippen LogP contribution in [0.1, 0.15) is 5.56 Å². The van der Waals surface area contributed by atoms with Gasteiger partial charge in [0.2, 0.25) is 0 Å². The first-order chi connectivity index (χ1) is 8.77. The monoisotopic (exact) mass is 328 g/mol. The zero-order valence-corrected chi connectivity index (χ0v) is 9.91. The molecule has 1 rings (SSSR count). The van der Waals surface area contributed by atoms with E-state index in [0.29, 0.717) is 6.07 Å². The Morgan fingerprint density at radius 2 is 1.45 bits per heavy atom. The largest absolute Gasteiger partial charge is 0.398 e. The summed E-state index contributed by atoms with van der Waals surface area (Å²) in [6.07, 6.45) is 0.896. The Hall–Kier alpha value is -1.32. The average Bonchev–Trinajstić information content (AvgIpc) is 2.27. The number of rotatable bonds is 4. The van der Waals surface area contributed by atoms with E-state index in [9.17, 15) is 35.1 Å². The number of halogens is 9. The minimum Gasteiger partial charge on any atom is -0.398 e. The molecule has 2 nitrogen and oxygen atoms in total. The molecule has 0 saturated carbocycles. The van der Waals surface area contributed by atoms with Crippen molar-refractivity contribution in [2.24, 2.45) is 0 Å². The van der Waals surface area contributed by atoms with E-state index in [1.807, 2.05) is 0 Å². The lowest BCUT2D eigenvalue weighted by Gasteiger charge is -2.34. The van der Waals surface area contributed by atoms with Crippen LogP contribution >= 0.6 is 11.6 Å². The smallest absolute Gasteiger partial charge is 0.393 e. The van der Waals surface area contributed by atoms with E-state index in [1.54, 1.807) is 0 Å². The van der Waals surface area contributed by atoms with Crippen molar-refractivity contribution in [2.75, 3.05) is 5.73 Å². The van der Waals surface area contributed by atoms with Gasteiger partial charge in [-0.1, -0.05) is 0 Å². The first-order valence-electron chi connectivity index (χ1n) is 4.67. The van der Waals surface area contributed by atoms with Crippen LogP contribution in [0, 0.1) is 0 Å². The molecule has 0 atom stereocenters. The van der Waals surface area contributed by atoms with E-state index in [1.165, 1.54) is 0 Å². The summed E-state index contributed by atoms with van der Waals surface area (Å²) in [6, 6.07) is 0.621. The van der Waals surface area contributed by atoms with Crippen LogP contribution in [0.25, 0.3) is 0 Å². The number of anilines is 1. The van der Waals surface area contributed by atoms with E-state index < -0.39 is 34.4 Å². The van der Waals surface area contributed by atoms with Gasteiger partial charge >= 0.3 is 23.1 Å². The zero-order chi connectivity index (χ0) is 16.0. The van der Waals surface area contributed by atoms with Gasteiger partial charge in [-0.15, -0.1) is 0 Å². The number of nitrogen functional groups attached to an aromatic ring is 1. The Balaban J connectivity index is 3.44. The Bertz CT molecular complexity index is 499. The highest BCUT2D eigenvalue weighted by Crippen LogP contribution is 2.57. The van der Waals surface area contributed by atoms with Crippen LogP contribution in [0.2, 0.25) is 0 Å². The quantitative estimate of drug-likeness (QED) is 0.673. The topological polar surface area (TPSA) is 38.9 Å². The molecule has 114 valence electrons. The molecule has 0 amide bonds. The first-order valence-corrected chi connectivity index (χ1v) is 5.04. The highest BCUT2D eigenvalue weighted by molar-refractivity contribution is 6.22. The number of nitrogens with two attached hydrogens (primary N) is 1. The molecule has 1 aromatic rings. The van der Waals surface area contributed by atoms with Gasteiger partial charge in [0.05, 0.1) is 5.56 Å². The molecule has 1 heterocycles. The van der Waals surface area contributed by atoms with Gasteiger partial charge in [-0.05, 0) is 17.7 Å². The molecule has 11 heteroatoms. The van der Waals surface area contributed by atoms with E-state index in [0.717, 1.165) is 6.20 Å². The third-order valence-electron chi connectivity index (χ3n) is 2.34. The third kappa shape index (κ3) is 2.25. The second-order valence-corrected chi connectivity index (χ2v) is 4.16. The number of aromatic nitrogens is 1. The summed E-state index contributed by atoms with van der Waals surface area (Å²) >= 11 is 3.80. The molecule has 0 radical (unpaired) electrons. The lowest BCUT2D eigenvalue weighted by Crippen LogP contribution is -2.59.